The van der Waals surface area contributed by atoms with Crippen LogP contribution in [0.25, 0.3) is 0 Å². The third-order valence-electron chi connectivity index (χ3n) is 2.41. The lowest BCUT2D eigenvalue weighted by atomic mass is 9.94. The van der Waals surface area contributed by atoms with E-state index >= 15 is 0 Å². The third-order valence-corrected chi connectivity index (χ3v) is 2.41. The van der Waals surface area contributed by atoms with E-state index in [4.69, 9.17) is 4.74 Å². The van der Waals surface area contributed by atoms with Crippen LogP contribution in [0.3, 0.4) is 0 Å². The van der Waals surface area contributed by atoms with Gasteiger partial charge in [-0.2, -0.15) is 0 Å². The molecule has 0 atom stereocenters. The van der Waals surface area contributed by atoms with Gasteiger partial charge in [-0.3, -0.25) is 4.79 Å². The molecule has 0 spiro atoms. The first-order chi connectivity index (χ1) is 7.56. The Kier molecular flexibility index (Phi) is 4.49. The summed E-state index contributed by atoms with van der Waals surface area (Å²) < 4.78 is 6.71. The van der Waals surface area contributed by atoms with E-state index in [9.17, 15) is 4.79 Å². The van der Waals surface area contributed by atoms with Crippen molar-refractivity contribution in [2.24, 2.45) is 5.41 Å². The molecule has 0 aliphatic rings. The van der Waals surface area contributed by atoms with Crippen molar-refractivity contribution in [3.05, 3.63) is 18.7 Å². The predicted molar refractivity (Wildman–Crippen MR) is 60.9 cm³/mol. The second-order valence-electron chi connectivity index (χ2n) is 4.35. The summed E-state index contributed by atoms with van der Waals surface area (Å²) in [6.07, 6.45) is 5.43. The van der Waals surface area contributed by atoms with E-state index in [1.165, 1.54) is 7.11 Å². The van der Waals surface area contributed by atoms with Crippen LogP contribution < -0.4 is 5.32 Å². The molecule has 0 saturated carbocycles. The Hall–Kier alpha value is -1.36. The lowest BCUT2D eigenvalue weighted by Crippen LogP contribution is -2.38. The van der Waals surface area contributed by atoms with Crippen molar-refractivity contribution in [1.29, 1.82) is 0 Å². The monoisotopic (exact) mass is 225 g/mol. The first-order valence-electron chi connectivity index (χ1n) is 5.31. The van der Waals surface area contributed by atoms with Crippen LogP contribution in [0.2, 0.25) is 0 Å². The second kappa shape index (κ2) is 5.65. The molecule has 0 unspecified atom stereocenters. The van der Waals surface area contributed by atoms with Gasteiger partial charge in [0.2, 0.25) is 0 Å². The van der Waals surface area contributed by atoms with Crippen molar-refractivity contribution in [3.63, 3.8) is 0 Å². The highest BCUT2D eigenvalue weighted by atomic mass is 16.5. The van der Waals surface area contributed by atoms with Crippen molar-refractivity contribution >= 4 is 5.97 Å². The molecule has 0 radical (unpaired) electrons. The zero-order valence-corrected chi connectivity index (χ0v) is 10.1. The Morgan fingerprint density at radius 3 is 2.88 bits per heavy atom. The fourth-order valence-corrected chi connectivity index (χ4v) is 1.38. The SMILES string of the molecule is COC(=O)C(C)(C)CNCCn1ccnc1. The molecular weight excluding hydrogens is 206 g/mol. The number of nitrogens with zero attached hydrogens (tertiary/aromatic N) is 2. The Labute approximate surface area is 95.8 Å². The van der Waals surface area contributed by atoms with Crippen LogP contribution in [0.15, 0.2) is 18.7 Å². The fraction of sp³-hybridized carbons (Fsp3) is 0.636. The number of carbonyl (C=O) groups is 1. The third kappa shape index (κ3) is 3.66. The minimum atomic E-state index is -0.482. The van der Waals surface area contributed by atoms with Crippen LogP contribution in [-0.4, -0.2) is 35.7 Å². The molecule has 90 valence electrons. The van der Waals surface area contributed by atoms with Gasteiger partial charge in [-0.25, -0.2) is 4.98 Å². The zero-order chi connectivity index (χ0) is 12.0. The van der Waals surface area contributed by atoms with Crippen molar-refractivity contribution in [2.75, 3.05) is 20.2 Å². The van der Waals surface area contributed by atoms with Crippen LogP contribution in [0.5, 0.6) is 0 Å². The van der Waals surface area contributed by atoms with Crippen molar-refractivity contribution in [3.8, 4) is 0 Å². The Morgan fingerprint density at radius 1 is 1.56 bits per heavy atom. The van der Waals surface area contributed by atoms with E-state index < -0.39 is 5.41 Å². The van der Waals surface area contributed by atoms with Gasteiger partial charge in [-0.15, -0.1) is 0 Å². The molecule has 0 amide bonds. The topological polar surface area (TPSA) is 56.1 Å². The molecule has 1 heterocycles. The summed E-state index contributed by atoms with van der Waals surface area (Å²) in [5.41, 5.74) is -0.482. The minimum absolute atomic E-state index is 0.192. The molecule has 1 aromatic heterocycles. The molecule has 1 aromatic rings. The Bertz CT molecular complexity index is 320. The number of hydrogen-bond donors (Lipinski definition) is 1. The quantitative estimate of drug-likeness (QED) is 0.571. The average Bonchev–Trinajstić information content (AvgIpc) is 2.76. The predicted octanol–water partition coefficient (Wildman–Crippen LogP) is 0.672. The summed E-state index contributed by atoms with van der Waals surface area (Å²) in [6, 6.07) is 0. The average molecular weight is 225 g/mol. The van der Waals surface area contributed by atoms with Gasteiger partial charge in [0, 0.05) is 32.0 Å². The molecular formula is C11H19N3O2. The van der Waals surface area contributed by atoms with Gasteiger partial charge in [0.05, 0.1) is 18.9 Å². The molecule has 1 N–H and O–H groups in total. The molecule has 0 aromatic carbocycles. The summed E-state index contributed by atoms with van der Waals surface area (Å²) in [5, 5.41) is 3.23. The second-order valence-corrected chi connectivity index (χ2v) is 4.35. The van der Waals surface area contributed by atoms with Crippen LogP contribution in [0.1, 0.15) is 13.8 Å². The molecule has 0 aliphatic carbocycles. The number of esters is 1. The zero-order valence-electron chi connectivity index (χ0n) is 10.1. The van der Waals surface area contributed by atoms with E-state index in [1.54, 1.807) is 12.5 Å². The smallest absolute Gasteiger partial charge is 0.312 e. The standard InChI is InChI=1S/C11H19N3O2/c1-11(2,10(15)16-3)8-12-4-6-14-7-5-13-9-14/h5,7,9,12H,4,6,8H2,1-3H3. The van der Waals surface area contributed by atoms with Crippen LogP contribution in [0, 0.1) is 5.41 Å². The molecule has 1 rings (SSSR count). The maximum absolute atomic E-state index is 11.4. The highest BCUT2D eigenvalue weighted by molar-refractivity contribution is 5.76. The highest BCUT2D eigenvalue weighted by Crippen LogP contribution is 2.14. The number of imidazole rings is 1. The summed E-state index contributed by atoms with van der Waals surface area (Å²) >= 11 is 0. The number of nitrogens with one attached hydrogen (secondary N) is 1. The molecule has 5 heteroatoms. The number of methoxy groups -OCH3 is 1. The van der Waals surface area contributed by atoms with Crippen LogP contribution in [-0.2, 0) is 16.1 Å². The lowest BCUT2D eigenvalue weighted by molar-refractivity contribution is -0.150. The summed E-state index contributed by atoms with van der Waals surface area (Å²) in [5.74, 6) is -0.192. The van der Waals surface area contributed by atoms with Gasteiger partial charge in [0.25, 0.3) is 0 Å². The molecule has 5 nitrogen and oxygen atoms in total. The number of ether oxygens (including phenoxy) is 1. The van der Waals surface area contributed by atoms with E-state index in [2.05, 4.69) is 10.3 Å². The van der Waals surface area contributed by atoms with Gasteiger partial charge in [-0.1, -0.05) is 0 Å². The van der Waals surface area contributed by atoms with Crippen molar-refractivity contribution in [2.45, 2.75) is 20.4 Å². The largest absolute Gasteiger partial charge is 0.469 e. The Morgan fingerprint density at radius 2 is 2.31 bits per heavy atom. The van der Waals surface area contributed by atoms with Crippen molar-refractivity contribution in [1.82, 2.24) is 14.9 Å². The van der Waals surface area contributed by atoms with E-state index in [1.807, 2.05) is 24.6 Å². The van der Waals surface area contributed by atoms with E-state index in [-0.39, 0.29) is 5.97 Å². The minimum Gasteiger partial charge on any atom is -0.469 e. The summed E-state index contributed by atoms with van der Waals surface area (Å²) in [7, 11) is 1.41. The molecule has 0 aliphatic heterocycles. The molecule has 0 saturated heterocycles. The number of aromatic nitrogens is 2. The first-order valence-corrected chi connectivity index (χ1v) is 5.31. The van der Waals surface area contributed by atoms with Gasteiger partial charge in [-0.05, 0) is 13.8 Å². The molecule has 16 heavy (non-hydrogen) atoms. The fourth-order valence-electron chi connectivity index (χ4n) is 1.38. The van der Waals surface area contributed by atoms with Crippen LogP contribution >= 0.6 is 0 Å². The van der Waals surface area contributed by atoms with Crippen molar-refractivity contribution < 1.29 is 9.53 Å². The summed E-state index contributed by atoms with van der Waals surface area (Å²) in [6.45, 7) is 5.98. The van der Waals surface area contributed by atoms with E-state index in [0.717, 1.165) is 13.1 Å². The number of carbonyl (C=O) groups excluding carboxylic acids is 1. The molecule has 0 fully saturated rings. The summed E-state index contributed by atoms with van der Waals surface area (Å²) in [4.78, 5) is 15.3. The Balaban J connectivity index is 2.22. The highest BCUT2D eigenvalue weighted by Gasteiger charge is 2.27. The number of rotatable bonds is 6. The van der Waals surface area contributed by atoms with Gasteiger partial charge >= 0.3 is 5.97 Å². The van der Waals surface area contributed by atoms with Gasteiger partial charge in [0.15, 0.2) is 0 Å². The lowest BCUT2D eigenvalue weighted by Gasteiger charge is -2.21. The van der Waals surface area contributed by atoms with Crippen LogP contribution in [0.4, 0.5) is 0 Å². The van der Waals surface area contributed by atoms with Gasteiger partial charge in [0.1, 0.15) is 0 Å². The maximum Gasteiger partial charge on any atom is 0.312 e. The maximum atomic E-state index is 11.4. The first kappa shape index (κ1) is 12.7. The van der Waals surface area contributed by atoms with Gasteiger partial charge < -0.3 is 14.6 Å². The molecule has 0 bridgehead atoms. The van der Waals surface area contributed by atoms with E-state index in [0.29, 0.717) is 6.54 Å². The normalized spacial score (nSPS) is 11.4. The number of hydrogen-bond acceptors (Lipinski definition) is 4.